The maximum absolute atomic E-state index is 8.55. The Morgan fingerprint density at radius 3 is 2.44 bits per heavy atom. The van der Waals surface area contributed by atoms with Crippen LogP contribution >= 0.6 is 0 Å². The molecule has 1 N–H and O–H groups in total. The van der Waals surface area contributed by atoms with Gasteiger partial charge in [0, 0.05) is 14.1 Å². The van der Waals surface area contributed by atoms with Crippen LogP contribution in [0.5, 0.6) is 0 Å². The number of aliphatic hydroxyl groups excluding tert-OH is 1. The normalized spacial score (nSPS) is 11.2. The predicted molar refractivity (Wildman–Crippen MR) is 38.4 cm³/mol. The summed E-state index contributed by atoms with van der Waals surface area (Å²) in [5.41, 5.74) is 0.583. The monoisotopic (exact) mass is 128 g/mol. The lowest BCUT2D eigenvalue weighted by atomic mass is 10.4. The van der Waals surface area contributed by atoms with Gasteiger partial charge in [0.2, 0.25) is 0 Å². The lowest BCUT2D eigenvalue weighted by Gasteiger charge is -2.04. The van der Waals surface area contributed by atoms with Crippen molar-refractivity contribution < 1.29 is 5.11 Å². The molecule has 0 aromatic heterocycles. The summed E-state index contributed by atoms with van der Waals surface area (Å²) >= 11 is 0. The molecule has 0 heterocycles. The third-order valence-electron chi connectivity index (χ3n) is 0.726. The summed E-state index contributed by atoms with van der Waals surface area (Å²) in [5, 5.41) is 14.1. The van der Waals surface area contributed by atoms with Crippen molar-refractivity contribution in [2.45, 2.75) is 0 Å². The van der Waals surface area contributed by atoms with Crippen molar-refractivity contribution in [3.63, 3.8) is 0 Å². The Labute approximate surface area is 55.3 Å². The number of nitrogens with zero attached hydrogens (tertiary/aromatic N) is 2. The van der Waals surface area contributed by atoms with E-state index in [1.165, 1.54) is 6.08 Å². The summed E-state index contributed by atoms with van der Waals surface area (Å²) in [6, 6.07) is 0. The second-order valence-corrected chi connectivity index (χ2v) is 1.80. The summed E-state index contributed by atoms with van der Waals surface area (Å²) in [5.74, 6) is 0. The van der Waals surface area contributed by atoms with Crippen molar-refractivity contribution in [3.8, 4) is 0 Å². The van der Waals surface area contributed by atoms with Gasteiger partial charge in [0.25, 0.3) is 0 Å². The quantitative estimate of drug-likeness (QED) is 0.431. The van der Waals surface area contributed by atoms with Gasteiger partial charge in [-0.15, -0.1) is 0 Å². The molecule has 0 fully saturated rings. The minimum atomic E-state index is -0.0539. The van der Waals surface area contributed by atoms with E-state index in [-0.39, 0.29) is 6.61 Å². The van der Waals surface area contributed by atoms with E-state index < -0.39 is 0 Å². The van der Waals surface area contributed by atoms with Gasteiger partial charge < -0.3 is 10.1 Å². The van der Waals surface area contributed by atoms with Crippen LogP contribution in [-0.4, -0.2) is 36.5 Å². The van der Waals surface area contributed by atoms with Crippen LogP contribution in [-0.2, 0) is 0 Å². The zero-order valence-electron chi connectivity index (χ0n) is 5.83. The zero-order chi connectivity index (χ0) is 7.28. The summed E-state index contributed by atoms with van der Waals surface area (Å²) in [6.45, 7) is 3.41. The van der Waals surface area contributed by atoms with Gasteiger partial charge in [0.05, 0.1) is 12.3 Å². The first-order chi connectivity index (χ1) is 4.20. The first-order valence-corrected chi connectivity index (χ1v) is 2.68. The molecule has 9 heavy (non-hydrogen) atoms. The first kappa shape index (κ1) is 8.17. The van der Waals surface area contributed by atoms with Crippen molar-refractivity contribution in [1.82, 2.24) is 5.01 Å². The molecule has 0 aliphatic rings. The molecule has 0 unspecified atom stereocenters. The lowest BCUT2D eigenvalue weighted by molar-refractivity contribution is 0.350. The van der Waals surface area contributed by atoms with Crippen LogP contribution in [0.15, 0.2) is 17.8 Å². The van der Waals surface area contributed by atoms with Gasteiger partial charge in [0.15, 0.2) is 0 Å². The molecule has 0 saturated heterocycles. The number of aliphatic hydroxyl groups is 1. The van der Waals surface area contributed by atoms with Crippen molar-refractivity contribution in [1.29, 1.82) is 0 Å². The topological polar surface area (TPSA) is 35.8 Å². The summed E-state index contributed by atoms with van der Waals surface area (Å²) < 4.78 is 0. The molecule has 3 nitrogen and oxygen atoms in total. The molecule has 0 aliphatic carbocycles. The minimum absolute atomic E-state index is 0.0539. The van der Waals surface area contributed by atoms with E-state index in [0.29, 0.717) is 5.71 Å². The second-order valence-electron chi connectivity index (χ2n) is 1.80. The summed E-state index contributed by atoms with van der Waals surface area (Å²) in [4.78, 5) is 0. The molecular weight excluding hydrogens is 116 g/mol. The molecule has 0 aromatic carbocycles. The predicted octanol–water partition coefficient (Wildman–Crippen LogP) is 0.0823. The van der Waals surface area contributed by atoms with Crippen LogP contribution in [0, 0.1) is 0 Å². The average Bonchev–Trinajstić information content (AvgIpc) is 1.82. The maximum Gasteiger partial charge on any atom is 0.0870 e. The molecule has 0 saturated carbocycles. The Morgan fingerprint density at radius 1 is 1.78 bits per heavy atom. The maximum atomic E-state index is 8.55. The molecule has 0 aliphatic heterocycles. The summed E-state index contributed by atoms with van der Waals surface area (Å²) in [6.07, 6.45) is 1.53. The molecule has 0 spiro atoms. The highest BCUT2D eigenvalue weighted by molar-refractivity contribution is 5.95. The Morgan fingerprint density at radius 2 is 2.33 bits per heavy atom. The highest BCUT2D eigenvalue weighted by atomic mass is 16.3. The van der Waals surface area contributed by atoms with Crippen LogP contribution < -0.4 is 0 Å². The highest BCUT2D eigenvalue weighted by Gasteiger charge is 1.88. The molecule has 0 radical (unpaired) electrons. The molecule has 0 aromatic rings. The molecule has 0 bridgehead atoms. The van der Waals surface area contributed by atoms with Crippen LogP contribution in [0.25, 0.3) is 0 Å². The van der Waals surface area contributed by atoms with E-state index in [0.717, 1.165) is 0 Å². The Bertz CT molecular complexity index is 118. The van der Waals surface area contributed by atoms with E-state index >= 15 is 0 Å². The molecule has 52 valence electrons. The molecular formula is C6H12N2O. The van der Waals surface area contributed by atoms with E-state index in [1.54, 1.807) is 19.1 Å². The third-order valence-corrected chi connectivity index (χ3v) is 0.726. The van der Waals surface area contributed by atoms with Gasteiger partial charge in [-0.2, -0.15) is 5.10 Å². The van der Waals surface area contributed by atoms with Gasteiger partial charge in [-0.3, -0.25) is 0 Å². The fraction of sp³-hybridized carbons (Fsp3) is 0.500. The smallest absolute Gasteiger partial charge is 0.0870 e. The number of hydrogen-bond acceptors (Lipinski definition) is 3. The molecule has 3 heteroatoms. The number of hydrazone groups is 1. The van der Waals surface area contributed by atoms with Crippen molar-refractivity contribution in [2.24, 2.45) is 5.10 Å². The highest BCUT2D eigenvalue weighted by Crippen LogP contribution is 1.81. The first-order valence-electron chi connectivity index (χ1n) is 2.68. The Kier molecular flexibility index (Phi) is 3.71. The SMILES string of the molecule is C=C/C(CO)=N\N(C)C. The van der Waals surface area contributed by atoms with Gasteiger partial charge in [-0.25, -0.2) is 0 Å². The molecule has 0 amide bonds. The van der Waals surface area contributed by atoms with Crippen molar-refractivity contribution in [3.05, 3.63) is 12.7 Å². The third kappa shape index (κ3) is 3.73. The standard InChI is InChI=1S/C6H12N2O/c1-4-6(5-9)7-8(2)3/h4,9H,1,5H2,2-3H3/b7-6+. The van der Waals surface area contributed by atoms with Crippen LogP contribution in [0.2, 0.25) is 0 Å². The number of rotatable bonds is 3. The fourth-order valence-electron chi connectivity index (χ4n) is 0.394. The van der Waals surface area contributed by atoms with E-state index in [4.69, 9.17) is 5.11 Å². The molecule has 0 rings (SSSR count). The summed E-state index contributed by atoms with van der Waals surface area (Å²) in [7, 11) is 3.58. The Balaban J connectivity index is 3.90. The van der Waals surface area contributed by atoms with E-state index in [9.17, 15) is 0 Å². The average molecular weight is 128 g/mol. The van der Waals surface area contributed by atoms with E-state index in [1.807, 2.05) is 0 Å². The van der Waals surface area contributed by atoms with Gasteiger partial charge in [-0.1, -0.05) is 6.58 Å². The zero-order valence-corrected chi connectivity index (χ0v) is 5.83. The second kappa shape index (κ2) is 4.09. The van der Waals surface area contributed by atoms with Crippen LogP contribution in [0.3, 0.4) is 0 Å². The fourth-order valence-corrected chi connectivity index (χ4v) is 0.394. The van der Waals surface area contributed by atoms with Crippen LogP contribution in [0.1, 0.15) is 0 Å². The van der Waals surface area contributed by atoms with Gasteiger partial charge in [-0.05, 0) is 6.08 Å². The largest absolute Gasteiger partial charge is 0.390 e. The lowest BCUT2D eigenvalue weighted by Crippen LogP contribution is -2.09. The number of hydrogen-bond donors (Lipinski definition) is 1. The Hall–Kier alpha value is -0.830. The van der Waals surface area contributed by atoms with Gasteiger partial charge in [0.1, 0.15) is 0 Å². The minimum Gasteiger partial charge on any atom is -0.390 e. The van der Waals surface area contributed by atoms with Crippen molar-refractivity contribution in [2.75, 3.05) is 20.7 Å². The van der Waals surface area contributed by atoms with Gasteiger partial charge >= 0.3 is 0 Å². The van der Waals surface area contributed by atoms with Crippen molar-refractivity contribution >= 4 is 5.71 Å². The van der Waals surface area contributed by atoms with Crippen LogP contribution in [0.4, 0.5) is 0 Å². The molecule has 0 atom stereocenters. The van der Waals surface area contributed by atoms with E-state index in [2.05, 4.69) is 11.7 Å².